The van der Waals surface area contributed by atoms with Gasteiger partial charge in [-0.3, -0.25) is 4.79 Å². The molecule has 114 valence electrons. The number of carbonyl (C=O) groups excluding carboxylic acids is 1. The van der Waals surface area contributed by atoms with E-state index in [4.69, 9.17) is 26.8 Å². The fourth-order valence-electron chi connectivity index (χ4n) is 3.10. The largest absolute Gasteiger partial charge is 0.370 e. The van der Waals surface area contributed by atoms with Crippen molar-refractivity contribution in [2.75, 3.05) is 18.5 Å². The average molecular weight is 311 g/mol. The van der Waals surface area contributed by atoms with Crippen LogP contribution < -0.4 is 11.1 Å². The normalized spacial score (nSPS) is 23.1. The molecule has 1 aromatic carbocycles. The zero-order chi connectivity index (χ0) is 14.9. The van der Waals surface area contributed by atoms with E-state index in [2.05, 4.69) is 5.32 Å². The van der Waals surface area contributed by atoms with E-state index in [0.717, 1.165) is 5.69 Å². The zero-order valence-corrected chi connectivity index (χ0v) is 12.5. The van der Waals surface area contributed by atoms with Crippen LogP contribution in [-0.4, -0.2) is 30.4 Å². The van der Waals surface area contributed by atoms with Gasteiger partial charge in [0.1, 0.15) is 5.54 Å². The quantitative estimate of drug-likeness (QED) is 0.898. The van der Waals surface area contributed by atoms with Crippen LogP contribution in [-0.2, 0) is 14.3 Å². The summed E-state index contributed by atoms with van der Waals surface area (Å²) < 4.78 is 11.4. The summed E-state index contributed by atoms with van der Waals surface area (Å²) in [6, 6.07) is 7.35. The minimum Gasteiger partial charge on any atom is -0.370 e. The van der Waals surface area contributed by atoms with E-state index in [0.29, 0.717) is 43.9 Å². The third-order valence-corrected chi connectivity index (χ3v) is 4.73. The number of hydrogen-bond donors (Lipinski definition) is 2. The van der Waals surface area contributed by atoms with Crippen molar-refractivity contribution < 1.29 is 14.3 Å². The summed E-state index contributed by atoms with van der Waals surface area (Å²) in [5.41, 5.74) is 5.59. The van der Waals surface area contributed by atoms with Crippen molar-refractivity contribution in [2.24, 2.45) is 5.73 Å². The summed E-state index contributed by atoms with van der Waals surface area (Å²) in [4.78, 5) is 12.0. The minimum absolute atomic E-state index is 0.365. The molecule has 0 atom stereocenters. The van der Waals surface area contributed by atoms with E-state index in [1.165, 1.54) is 0 Å². The van der Waals surface area contributed by atoms with Gasteiger partial charge in [-0.2, -0.15) is 0 Å². The highest BCUT2D eigenvalue weighted by Gasteiger charge is 2.49. The van der Waals surface area contributed by atoms with Gasteiger partial charge in [-0.05, 0) is 25.0 Å². The van der Waals surface area contributed by atoms with E-state index < -0.39 is 11.3 Å². The van der Waals surface area contributed by atoms with Gasteiger partial charge in [-0.25, -0.2) is 0 Å². The van der Waals surface area contributed by atoms with Gasteiger partial charge < -0.3 is 20.5 Å². The molecule has 1 saturated heterocycles. The van der Waals surface area contributed by atoms with Gasteiger partial charge in [0.05, 0.1) is 23.9 Å². The molecular weight excluding hydrogens is 292 g/mol. The van der Waals surface area contributed by atoms with Crippen molar-refractivity contribution in [3.8, 4) is 0 Å². The number of amides is 1. The Bertz CT molecular complexity index is 533. The fourth-order valence-corrected chi connectivity index (χ4v) is 3.28. The summed E-state index contributed by atoms with van der Waals surface area (Å²) in [7, 11) is 0. The van der Waals surface area contributed by atoms with Crippen LogP contribution in [0.25, 0.3) is 0 Å². The molecule has 1 aliphatic carbocycles. The van der Waals surface area contributed by atoms with Crippen LogP contribution in [0, 0.1) is 0 Å². The van der Waals surface area contributed by atoms with Gasteiger partial charge in [0.25, 0.3) is 0 Å². The van der Waals surface area contributed by atoms with Crippen molar-refractivity contribution in [3.63, 3.8) is 0 Å². The second kappa shape index (κ2) is 5.48. The average Bonchev–Trinajstić information content (AvgIpc) is 2.93. The monoisotopic (exact) mass is 310 g/mol. The SMILES string of the molecule is NC(=O)C1(Nc2ccccc2Cl)CCC2(CC1)OCCO2. The number of nitrogens with two attached hydrogens (primary N) is 1. The second-order valence-electron chi connectivity index (χ2n) is 5.66. The van der Waals surface area contributed by atoms with E-state index in [-0.39, 0.29) is 5.91 Å². The molecule has 1 spiro atoms. The molecule has 2 aliphatic rings. The number of benzene rings is 1. The van der Waals surface area contributed by atoms with Crippen molar-refractivity contribution in [1.82, 2.24) is 0 Å². The first-order valence-corrected chi connectivity index (χ1v) is 7.54. The Balaban J connectivity index is 1.79. The minimum atomic E-state index is -0.800. The highest BCUT2D eigenvalue weighted by molar-refractivity contribution is 6.33. The molecule has 0 aromatic heterocycles. The Morgan fingerprint density at radius 3 is 2.33 bits per heavy atom. The molecule has 6 heteroatoms. The lowest BCUT2D eigenvalue weighted by Crippen LogP contribution is -2.56. The Morgan fingerprint density at radius 2 is 1.76 bits per heavy atom. The number of ether oxygens (including phenoxy) is 2. The number of para-hydroxylation sites is 1. The molecule has 1 aliphatic heterocycles. The van der Waals surface area contributed by atoms with E-state index in [1.807, 2.05) is 18.2 Å². The number of nitrogens with one attached hydrogen (secondary N) is 1. The number of anilines is 1. The molecule has 1 heterocycles. The van der Waals surface area contributed by atoms with Crippen molar-refractivity contribution in [1.29, 1.82) is 0 Å². The number of halogens is 1. The van der Waals surface area contributed by atoms with Crippen LogP contribution in [0.4, 0.5) is 5.69 Å². The summed E-state index contributed by atoms with van der Waals surface area (Å²) in [5.74, 6) is -0.892. The van der Waals surface area contributed by atoms with Crippen LogP contribution in [0.15, 0.2) is 24.3 Å². The Kier molecular flexibility index (Phi) is 3.82. The molecule has 3 rings (SSSR count). The van der Waals surface area contributed by atoms with E-state index in [9.17, 15) is 4.79 Å². The summed E-state index contributed by atoms with van der Waals surface area (Å²) in [5, 5.41) is 3.83. The molecule has 3 N–H and O–H groups in total. The van der Waals surface area contributed by atoms with E-state index in [1.54, 1.807) is 6.07 Å². The molecule has 21 heavy (non-hydrogen) atoms. The molecule has 5 nitrogen and oxygen atoms in total. The Labute approximate surface area is 128 Å². The van der Waals surface area contributed by atoms with Crippen LogP contribution >= 0.6 is 11.6 Å². The summed E-state index contributed by atoms with van der Waals surface area (Å²) in [6.07, 6.45) is 2.42. The maximum Gasteiger partial charge on any atom is 0.243 e. The number of carbonyl (C=O) groups is 1. The Hall–Kier alpha value is -1.30. The zero-order valence-electron chi connectivity index (χ0n) is 11.7. The molecule has 2 fully saturated rings. The molecule has 0 bridgehead atoms. The highest BCUT2D eigenvalue weighted by Crippen LogP contribution is 2.42. The lowest BCUT2D eigenvalue weighted by molar-refractivity contribution is -0.183. The van der Waals surface area contributed by atoms with Gasteiger partial charge in [0.2, 0.25) is 5.91 Å². The first-order chi connectivity index (χ1) is 10.1. The molecule has 1 aromatic rings. The fraction of sp³-hybridized carbons (Fsp3) is 0.533. The topological polar surface area (TPSA) is 73.6 Å². The molecule has 0 unspecified atom stereocenters. The predicted octanol–water partition coefficient (Wildman–Crippen LogP) is 2.29. The maximum absolute atomic E-state index is 12.0. The van der Waals surface area contributed by atoms with Crippen molar-refractivity contribution in [2.45, 2.75) is 37.0 Å². The summed E-state index contributed by atoms with van der Waals surface area (Å²) >= 11 is 6.17. The van der Waals surface area contributed by atoms with Crippen molar-refractivity contribution >= 4 is 23.2 Å². The number of rotatable bonds is 3. The van der Waals surface area contributed by atoms with E-state index >= 15 is 0 Å². The third kappa shape index (κ3) is 2.73. The van der Waals surface area contributed by atoms with Crippen LogP contribution in [0.2, 0.25) is 5.02 Å². The summed E-state index contributed by atoms with van der Waals surface area (Å²) in [6.45, 7) is 1.23. The first kappa shape index (κ1) is 14.6. The first-order valence-electron chi connectivity index (χ1n) is 7.16. The van der Waals surface area contributed by atoms with Crippen LogP contribution in [0.3, 0.4) is 0 Å². The maximum atomic E-state index is 12.0. The number of hydrogen-bond acceptors (Lipinski definition) is 4. The third-order valence-electron chi connectivity index (χ3n) is 4.40. The van der Waals surface area contributed by atoms with Gasteiger partial charge in [-0.15, -0.1) is 0 Å². The second-order valence-corrected chi connectivity index (χ2v) is 6.07. The highest BCUT2D eigenvalue weighted by atomic mass is 35.5. The van der Waals surface area contributed by atoms with Gasteiger partial charge in [-0.1, -0.05) is 23.7 Å². The standard InChI is InChI=1S/C15H19ClN2O3/c16-11-3-1-2-4-12(11)18-14(13(17)19)5-7-15(8-6-14)20-9-10-21-15/h1-4,18H,5-10H2,(H2,17,19). The Morgan fingerprint density at radius 1 is 1.14 bits per heavy atom. The van der Waals surface area contributed by atoms with Gasteiger partial charge >= 0.3 is 0 Å². The lowest BCUT2D eigenvalue weighted by atomic mass is 9.78. The predicted molar refractivity (Wildman–Crippen MR) is 80.1 cm³/mol. The van der Waals surface area contributed by atoms with Crippen LogP contribution in [0.5, 0.6) is 0 Å². The van der Waals surface area contributed by atoms with Crippen LogP contribution in [0.1, 0.15) is 25.7 Å². The van der Waals surface area contributed by atoms with Gasteiger partial charge in [0.15, 0.2) is 5.79 Å². The number of primary amides is 1. The lowest BCUT2D eigenvalue weighted by Gasteiger charge is -2.42. The molecule has 1 amide bonds. The molecule has 0 radical (unpaired) electrons. The smallest absolute Gasteiger partial charge is 0.243 e. The molecule has 1 saturated carbocycles. The molecular formula is C15H19ClN2O3. The van der Waals surface area contributed by atoms with Crippen molar-refractivity contribution in [3.05, 3.63) is 29.3 Å². The van der Waals surface area contributed by atoms with Gasteiger partial charge in [0, 0.05) is 12.8 Å².